The van der Waals surface area contributed by atoms with Gasteiger partial charge in [0.25, 0.3) is 0 Å². The van der Waals surface area contributed by atoms with E-state index in [0.717, 1.165) is 11.3 Å². The number of carbonyl (C=O) groups is 1. The van der Waals surface area contributed by atoms with Gasteiger partial charge >= 0.3 is 0 Å². The van der Waals surface area contributed by atoms with Gasteiger partial charge in [-0.3, -0.25) is 4.79 Å². The average molecular weight is 188 g/mol. The van der Waals surface area contributed by atoms with Gasteiger partial charge in [-0.05, 0) is 12.0 Å². The maximum atomic E-state index is 11.1. The molecule has 3 heteroatoms. The number of ketones is 1. The molecule has 0 bridgehead atoms. The molecule has 1 aliphatic rings. The Labute approximate surface area is 82.9 Å². The lowest BCUT2D eigenvalue weighted by atomic mass is 10.0. The largest absolute Gasteiger partial charge is 0.293 e. The summed E-state index contributed by atoms with van der Waals surface area (Å²) in [5.74, 6) is 1.15. The Bertz CT molecular complexity index is 408. The summed E-state index contributed by atoms with van der Waals surface area (Å²) in [6, 6.07) is 3.92. The van der Waals surface area contributed by atoms with E-state index >= 15 is 0 Å². The minimum atomic E-state index is 0.0524. The summed E-state index contributed by atoms with van der Waals surface area (Å²) >= 11 is 0. The fourth-order valence-electron chi connectivity index (χ4n) is 1.43. The molecule has 1 aromatic heterocycles. The highest BCUT2D eigenvalue weighted by molar-refractivity contribution is 6.29. The molecule has 0 unspecified atom stereocenters. The van der Waals surface area contributed by atoms with E-state index in [0.29, 0.717) is 18.2 Å². The molecule has 14 heavy (non-hydrogen) atoms. The molecule has 0 aromatic carbocycles. The van der Waals surface area contributed by atoms with Gasteiger partial charge in [0.15, 0.2) is 11.6 Å². The molecule has 0 saturated heterocycles. The van der Waals surface area contributed by atoms with E-state index in [1.54, 1.807) is 0 Å². The Morgan fingerprint density at radius 1 is 1.36 bits per heavy atom. The first-order valence-electron chi connectivity index (χ1n) is 4.73. The average Bonchev–Trinajstić information content (AvgIpc) is 2.16. The van der Waals surface area contributed by atoms with Crippen LogP contribution in [0, 0.1) is 0 Å². The van der Waals surface area contributed by atoms with Gasteiger partial charge in [-0.25, -0.2) is 9.98 Å². The Kier molecular flexibility index (Phi) is 2.15. The van der Waals surface area contributed by atoms with Crippen LogP contribution in [-0.4, -0.2) is 17.0 Å². The molecule has 1 aliphatic heterocycles. The molecule has 2 rings (SSSR count). The molecule has 0 atom stereocenters. The number of hydrogen-bond acceptors (Lipinski definition) is 3. The highest BCUT2D eigenvalue weighted by Gasteiger charge is 2.13. The molecule has 0 spiro atoms. The zero-order valence-electron chi connectivity index (χ0n) is 8.32. The maximum Gasteiger partial charge on any atom is 0.178 e. The van der Waals surface area contributed by atoms with Gasteiger partial charge < -0.3 is 0 Å². The minimum absolute atomic E-state index is 0.0524. The van der Waals surface area contributed by atoms with E-state index in [9.17, 15) is 4.79 Å². The maximum absolute atomic E-state index is 11.1. The number of fused-ring (bicyclic) bond motifs is 1. The Morgan fingerprint density at radius 3 is 2.86 bits per heavy atom. The van der Waals surface area contributed by atoms with Crippen LogP contribution in [0.25, 0.3) is 0 Å². The van der Waals surface area contributed by atoms with Crippen molar-refractivity contribution >= 4 is 17.8 Å². The SMILES string of the molecule is CC(C)c1ccc2c(n1)N=CC(=O)C2. The van der Waals surface area contributed by atoms with Crippen LogP contribution in [0.1, 0.15) is 31.0 Å². The third-order valence-electron chi connectivity index (χ3n) is 2.26. The Balaban J connectivity index is 2.44. The van der Waals surface area contributed by atoms with E-state index in [-0.39, 0.29) is 5.78 Å². The number of rotatable bonds is 1. The second-order valence-corrected chi connectivity index (χ2v) is 3.77. The van der Waals surface area contributed by atoms with Crippen molar-refractivity contribution in [3.05, 3.63) is 23.4 Å². The van der Waals surface area contributed by atoms with Crippen LogP contribution in [-0.2, 0) is 11.2 Å². The molecule has 0 amide bonds. The number of nitrogens with zero attached hydrogens (tertiary/aromatic N) is 2. The summed E-state index contributed by atoms with van der Waals surface area (Å²) in [5.41, 5.74) is 1.96. The van der Waals surface area contributed by atoms with Gasteiger partial charge in [-0.1, -0.05) is 19.9 Å². The van der Waals surface area contributed by atoms with Gasteiger partial charge in [0.1, 0.15) is 0 Å². The van der Waals surface area contributed by atoms with Crippen molar-refractivity contribution in [1.29, 1.82) is 0 Å². The Morgan fingerprint density at radius 2 is 2.14 bits per heavy atom. The van der Waals surface area contributed by atoms with Crippen LogP contribution < -0.4 is 0 Å². The highest BCUT2D eigenvalue weighted by atomic mass is 16.1. The molecule has 0 fully saturated rings. The lowest BCUT2D eigenvalue weighted by Gasteiger charge is -2.10. The van der Waals surface area contributed by atoms with Crippen molar-refractivity contribution in [3.8, 4) is 0 Å². The summed E-state index contributed by atoms with van der Waals surface area (Å²) in [7, 11) is 0. The molecular weight excluding hydrogens is 176 g/mol. The van der Waals surface area contributed by atoms with Crippen LogP contribution >= 0.6 is 0 Å². The second-order valence-electron chi connectivity index (χ2n) is 3.77. The van der Waals surface area contributed by atoms with Crippen molar-refractivity contribution in [2.24, 2.45) is 4.99 Å². The highest BCUT2D eigenvalue weighted by Crippen LogP contribution is 2.23. The van der Waals surface area contributed by atoms with Crippen molar-refractivity contribution in [2.75, 3.05) is 0 Å². The molecule has 3 nitrogen and oxygen atoms in total. The number of aliphatic imine (C=N–C) groups is 1. The van der Waals surface area contributed by atoms with Gasteiger partial charge in [0.05, 0.1) is 6.21 Å². The van der Waals surface area contributed by atoms with Crippen LogP contribution in [0.3, 0.4) is 0 Å². The summed E-state index contributed by atoms with van der Waals surface area (Å²) in [4.78, 5) is 19.5. The number of aromatic nitrogens is 1. The lowest BCUT2D eigenvalue weighted by Crippen LogP contribution is -2.09. The third-order valence-corrected chi connectivity index (χ3v) is 2.26. The monoisotopic (exact) mass is 188 g/mol. The van der Waals surface area contributed by atoms with E-state index in [1.165, 1.54) is 6.21 Å². The smallest absolute Gasteiger partial charge is 0.178 e. The van der Waals surface area contributed by atoms with Crippen molar-refractivity contribution < 1.29 is 4.79 Å². The molecule has 0 radical (unpaired) electrons. The molecular formula is C11H12N2O. The number of pyridine rings is 1. The predicted octanol–water partition coefficient (Wildman–Crippen LogP) is 2.03. The van der Waals surface area contributed by atoms with Crippen molar-refractivity contribution in [2.45, 2.75) is 26.2 Å². The summed E-state index contributed by atoms with van der Waals surface area (Å²) in [6.45, 7) is 4.18. The number of Topliss-reactive ketones (excluding diaryl/α,β-unsaturated/α-hetero) is 1. The van der Waals surface area contributed by atoms with E-state index < -0.39 is 0 Å². The first-order chi connectivity index (χ1) is 6.66. The topological polar surface area (TPSA) is 42.3 Å². The molecule has 0 aliphatic carbocycles. The van der Waals surface area contributed by atoms with E-state index in [2.05, 4.69) is 23.8 Å². The van der Waals surface area contributed by atoms with Gasteiger partial charge in [0, 0.05) is 17.7 Å². The van der Waals surface area contributed by atoms with Gasteiger partial charge in [0.2, 0.25) is 0 Å². The predicted molar refractivity (Wildman–Crippen MR) is 55.2 cm³/mol. The van der Waals surface area contributed by atoms with Gasteiger partial charge in [-0.2, -0.15) is 0 Å². The molecule has 1 aromatic rings. The fraction of sp³-hybridized carbons (Fsp3) is 0.364. The minimum Gasteiger partial charge on any atom is -0.293 e. The van der Waals surface area contributed by atoms with Crippen LogP contribution in [0.4, 0.5) is 5.82 Å². The third kappa shape index (κ3) is 1.58. The number of hydrogen-bond donors (Lipinski definition) is 0. The van der Waals surface area contributed by atoms with Crippen LogP contribution in [0.5, 0.6) is 0 Å². The first-order valence-corrected chi connectivity index (χ1v) is 4.73. The first kappa shape index (κ1) is 9.06. The molecule has 0 saturated carbocycles. The standard InChI is InChI=1S/C11H12N2O/c1-7(2)10-4-3-8-5-9(14)6-12-11(8)13-10/h3-4,6-7H,5H2,1-2H3. The molecule has 2 heterocycles. The normalized spacial score (nSPS) is 14.6. The van der Waals surface area contributed by atoms with E-state index in [4.69, 9.17) is 0 Å². The molecule has 72 valence electrons. The fourth-order valence-corrected chi connectivity index (χ4v) is 1.43. The summed E-state index contributed by atoms with van der Waals surface area (Å²) < 4.78 is 0. The van der Waals surface area contributed by atoms with Crippen molar-refractivity contribution in [1.82, 2.24) is 4.98 Å². The van der Waals surface area contributed by atoms with Gasteiger partial charge in [-0.15, -0.1) is 0 Å². The molecule has 0 N–H and O–H groups in total. The lowest BCUT2D eigenvalue weighted by molar-refractivity contribution is -0.112. The van der Waals surface area contributed by atoms with E-state index in [1.807, 2.05) is 12.1 Å². The zero-order chi connectivity index (χ0) is 10.1. The second kappa shape index (κ2) is 3.33. The summed E-state index contributed by atoms with van der Waals surface area (Å²) in [5, 5.41) is 0. The summed E-state index contributed by atoms with van der Waals surface area (Å²) in [6.07, 6.45) is 1.80. The van der Waals surface area contributed by atoms with Crippen LogP contribution in [0.2, 0.25) is 0 Å². The number of carbonyl (C=O) groups excluding carboxylic acids is 1. The zero-order valence-corrected chi connectivity index (χ0v) is 8.32. The Hall–Kier alpha value is -1.51. The van der Waals surface area contributed by atoms with Crippen LogP contribution in [0.15, 0.2) is 17.1 Å². The quantitative estimate of drug-likeness (QED) is 0.676. The van der Waals surface area contributed by atoms with Crippen molar-refractivity contribution in [3.63, 3.8) is 0 Å².